The number of hydrogen-bond acceptors (Lipinski definition) is 4. The quantitative estimate of drug-likeness (QED) is 0.846. The van der Waals surface area contributed by atoms with Gasteiger partial charge in [0.1, 0.15) is 0 Å². The Labute approximate surface area is 134 Å². The zero-order chi connectivity index (χ0) is 16.1. The SMILES string of the molecule is O=C(CCNC(=O)C1CCC1)Nc1ccccc1-n1ccnn1. The molecule has 0 radical (unpaired) electrons. The highest BCUT2D eigenvalue weighted by Gasteiger charge is 2.24. The Balaban J connectivity index is 1.53. The van der Waals surface area contributed by atoms with Crippen molar-refractivity contribution in [2.45, 2.75) is 25.7 Å². The molecule has 1 aliphatic rings. The van der Waals surface area contributed by atoms with Crippen LogP contribution in [0.2, 0.25) is 0 Å². The molecular weight excluding hydrogens is 294 g/mol. The molecular formula is C16H19N5O2. The second-order valence-corrected chi connectivity index (χ2v) is 5.58. The molecule has 0 unspecified atom stereocenters. The summed E-state index contributed by atoms with van der Waals surface area (Å²) in [7, 11) is 0. The fourth-order valence-corrected chi connectivity index (χ4v) is 2.44. The van der Waals surface area contributed by atoms with Crippen LogP contribution in [0, 0.1) is 5.92 Å². The van der Waals surface area contributed by atoms with Gasteiger partial charge in [0, 0.05) is 18.9 Å². The molecule has 0 bridgehead atoms. The minimum absolute atomic E-state index is 0.0621. The Kier molecular flexibility index (Phi) is 4.65. The number of hydrogen-bond donors (Lipinski definition) is 2. The first-order valence-electron chi connectivity index (χ1n) is 7.77. The second kappa shape index (κ2) is 7.04. The van der Waals surface area contributed by atoms with Crippen LogP contribution in [0.15, 0.2) is 36.7 Å². The van der Waals surface area contributed by atoms with E-state index < -0.39 is 0 Å². The van der Waals surface area contributed by atoms with Crippen LogP contribution in [0.5, 0.6) is 0 Å². The Morgan fingerprint density at radius 3 is 2.78 bits per heavy atom. The standard InChI is InChI=1S/C16H19N5O2/c22-15(8-9-17-16(23)12-4-3-5-12)19-13-6-1-2-7-14(13)21-11-10-18-20-21/h1-2,6-7,10-12H,3-5,8-9H2,(H,17,23)(H,19,22). The summed E-state index contributed by atoms with van der Waals surface area (Å²) in [4.78, 5) is 23.8. The maximum Gasteiger partial charge on any atom is 0.226 e. The molecule has 2 aromatic rings. The average Bonchev–Trinajstić information content (AvgIpc) is 3.00. The maximum absolute atomic E-state index is 12.1. The molecule has 120 valence electrons. The van der Waals surface area contributed by atoms with Gasteiger partial charge in [-0.25, -0.2) is 4.68 Å². The summed E-state index contributed by atoms with van der Waals surface area (Å²) in [5.41, 5.74) is 1.41. The highest BCUT2D eigenvalue weighted by atomic mass is 16.2. The third-order valence-corrected chi connectivity index (χ3v) is 3.97. The number of carbonyl (C=O) groups is 2. The first kappa shape index (κ1) is 15.2. The second-order valence-electron chi connectivity index (χ2n) is 5.58. The van der Waals surface area contributed by atoms with Crippen molar-refractivity contribution >= 4 is 17.5 Å². The number of nitrogens with one attached hydrogen (secondary N) is 2. The third-order valence-electron chi connectivity index (χ3n) is 3.97. The molecule has 0 spiro atoms. The van der Waals surface area contributed by atoms with Crippen molar-refractivity contribution in [3.8, 4) is 5.69 Å². The monoisotopic (exact) mass is 313 g/mol. The lowest BCUT2D eigenvalue weighted by Gasteiger charge is -2.23. The van der Waals surface area contributed by atoms with Gasteiger partial charge < -0.3 is 10.6 Å². The minimum Gasteiger partial charge on any atom is -0.355 e. The summed E-state index contributed by atoms with van der Waals surface area (Å²) in [6.45, 7) is 0.354. The normalized spacial score (nSPS) is 14.1. The van der Waals surface area contributed by atoms with Gasteiger partial charge in [0.15, 0.2) is 0 Å². The molecule has 2 amide bonds. The summed E-state index contributed by atoms with van der Waals surface area (Å²) >= 11 is 0. The predicted octanol–water partition coefficient (Wildman–Crippen LogP) is 1.51. The molecule has 1 aromatic heterocycles. The van der Waals surface area contributed by atoms with Gasteiger partial charge in [-0.1, -0.05) is 23.8 Å². The zero-order valence-corrected chi connectivity index (χ0v) is 12.7. The van der Waals surface area contributed by atoms with Crippen LogP contribution in [-0.2, 0) is 9.59 Å². The fraction of sp³-hybridized carbons (Fsp3) is 0.375. The summed E-state index contributed by atoms with van der Waals surface area (Å²) in [5, 5.41) is 13.4. The maximum atomic E-state index is 12.1. The van der Waals surface area contributed by atoms with Crippen LogP contribution in [0.25, 0.3) is 5.69 Å². The summed E-state index contributed by atoms with van der Waals surface area (Å²) in [6.07, 6.45) is 6.58. The number of rotatable bonds is 6. The van der Waals surface area contributed by atoms with Crippen molar-refractivity contribution in [2.24, 2.45) is 5.92 Å². The van der Waals surface area contributed by atoms with Gasteiger partial charge in [-0.2, -0.15) is 0 Å². The van der Waals surface area contributed by atoms with Crippen molar-refractivity contribution in [3.05, 3.63) is 36.7 Å². The van der Waals surface area contributed by atoms with Crippen LogP contribution < -0.4 is 10.6 Å². The van der Waals surface area contributed by atoms with Crippen molar-refractivity contribution < 1.29 is 9.59 Å². The topological polar surface area (TPSA) is 88.9 Å². The predicted molar refractivity (Wildman–Crippen MR) is 85.0 cm³/mol. The molecule has 1 saturated carbocycles. The van der Waals surface area contributed by atoms with Gasteiger partial charge in [0.25, 0.3) is 0 Å². The number of nitrogens with zero attached hydrogens (tertiary/aromatic N) is 3. The molecule has 0 atom stereocenters. The number of carbonyl (C=O) groups excluding carboxylic acids is 2. The fourth-order valence-electron chi connectivity index (χ4n) is 2.44. The Morgan fingerprint density at radius 2 is 2.09 bits per heavy atom. The van der Waals surface area contributed by atoms with Crippen molar-refractivity contribution in [1.82, 2.24) is 20.3 Å². The molecule has 0 saturated heterocycles. The van der Waals surface area contributed by atoms with Crippen LogP contribution in [0.1, 0.15) is 25.7 Å². The molecule has 23 heavy (non-hydrogen) atoms. The van der Waals surface area contributed by atoms with Gasteiger partial charge in [0.2, 0.25) is 11.8 Å². The molecule has 1 fully saturated rings. The average molecular weight is 313 g/mol. The molecule has 1 aliphatic carbocycles. The number of para-hydroxylation sites is 2. The molecule has 1 heterocycles. The summed E-state index contributed by atoms with van der Waals surface area (Å²) in [6, 6.07) is 7.37. The molecule has 1 aromatic carbocycles. The van der Waals surface area contributed by atoms with E-state index >= 15 is 0 Å². The first-order valence-corrected chi connectivity index (χ1v) is 7.77. The molecule has 3 rings (SSSR count). The Bertz CT molecular complexity index is 680. The van der Waals surface area contributed by atoms with Crippen LogP contribution >= 0.6 is 0 Å². The van der Waals surface area contributed by atoms with Crippen molar-refractivity contribution in [2.75, 3.05) is 11.9 Å². The van der Waals surface area contributed by atoms with E-state index in [1.165, 1.54) is 0 Å². The van der Waals surface area contributed by atoms with E-state index in [0.717, 1.165) is 24.9 Å². The third kappa shape index (κ3) is 3.74. The smallest absolute Gasteiger partial charge is 0.226 e. The van der Waals surface area contributed by atoms with Gasteiger partial charge in [0.05, 0.1) is 23.8 Å². The summed E-state index contributed by atoms with van der Waals surface area (Å²) in [5.74, 6) is 0.0599. The van der Waals surface area contributed by atoms with Crippen LogP contribution in [0.3, 0.4) is 0 Å². The van der Waals surface area contributed by atoms with E-state index in [1.54, 1.807) is 17.1 Å². The molecule has 0 aliphatic heterocycles. The Hall–Kier alpha value is -2.70. The minimum atomic E-state index is -0.147. The molecule has 7 heteroatoms. The first-order chi connectivity index (χ1) is 11.2. The van der Waals surface area contributed by atoms with E-state index in [1.807, 2.05) is 24.3 Å². The number of aromatic nitrogens is 3. The van der Waals surface area contributed by atoms with Crippen molar-refractivity contribution in [1.29, 1.82) is 0 Å². The van der Waals surface area contributed by atoms with E-state index in [4.69, 9.17) is 0 Å². The van der Waals surface area contributed by atoms with E-state index in [9.17, 15) is 9.59 Å². The molecule has 7 nitrogen and oxygen atoms in total. The number of amides is 2. The van der Waals surface area contributed by atoms with Crippen LogP contribution in [-0.4, -0.2) is 33.4 Å². The van der Waals surface area contributed by atoms with Gasteiger partial charge >= 0.3 is 0 Å². The van der Waals surface area contributed by atoms with E-state index in [0.29, 0.717) is 12.2 Å². The Morgan fingerprint density at radius 1 is 1.26 bits per heavy atom. The van der Waals surface area contributed by atoms with Gasteiger partial charge in [-0.15, -0.1) is 5.10 Å². The van der Waals surface area contributed by atoms with Crippen LogP contribution in [0.4, 0.5) is 5.69 Å². The lowest BCUT2D eigenvalue weighted by Crippen LogP contribution is -2.36. The van der Waals surface area contributed by atoms with E-state index in [-0.39, 0.29) is 24.2 Å². The lowest BCUT2D eigenvalue weighted by atomic mass is 9.85. The van der Waals surface area contributed by atoms with Gasteiger partial charge in [-0.3, -0.25) is 9.59 Å². The van der Waals surface area contributed by atoms with Crippen molar-refractivity contribution in [3.63, 3.8) is 0 Å². The lowest BCUT2D eigenvalue weighted by molar-refractivity contribution is -0.127. The summed E-state index contributed by atoms with van der Waals surface area (Å²) < 4.78 is 1.59. The van der Waals surface area contributed by atoms with E-state index in [2.05, 4.69) is 20.9 Å². The van der Waals surface area contributed by atoms with Gasteiger partial charge in [-0.05, 0) is 25.0 Å². The highest BCUT2D eigenvalue weighted by molar-refractivity contribution is 5.93. The molecule has 2 N–H and O–H groups in total. The largest absolute Gasteiger partial charge is 0.355 e. The highest BCUT2D eigenvalue weighted by Crippen LogP contribution is 2.26. The number of anilines is 1. The zero-order valence-electron chi connectivity index (χ0n) is 12.7. The number of benzene rings is 1.